The van der Waals surface area contributed by atoms with Crippen LogP contribution < -0.4 is 5.32 Å². The smallest absolute Gasteiger partial charge is 0.269 e. The number of rotatable bonds is 6. The molecule has 0 heterocycles. The Morgan fingerprint density at radius 3 is 2.56 bits per heavy atom. The first-order valence-corrected chi connectivity index (χ1v) is 6.43. The van der Waals surface area contributed by atoms with Gasteiger partial charge >= 0.3 is 0 Å². The molecule has 0 aliphatic heterocycles. The van der Waals surface area contributed by atoms with Crippen molar-refractivity contribution in [3.05, 3.63) is 34.4 Å². The van der Waals surface area contributed by atoms with Crippen LogP contribution in [0.3, 0.4) is 0 Å². The maximum Gasteiger partial charge on any atom is 0.269 e. The second-order valence-electron chi connectivity index (χ2n) is 3.57. The van der Waals surface area contributed by atoms with E-state index < -0.39 is 0 Å². The summed E-state index contributed by atoms with van der Waals surface area (Å²) in [4.78, 5) is 10.0. The highest BCUT2D eigenvalue weighted by molar-refractivity contribution is 7.99. The highest BCUT2D eigenvalue weighted by Crippen LogP contribution is 2.16. The van der Waals surface area contributed by atoms with Crippen LogP contribution in [0, 0.1) is 10.1 Å². The van der Waals surface area contributed by atoms with Crippen molar-refractivity contribution in [2.24, 2.45) is 0 Å². The molecule has 1 N–H and O–H groups in total. The number of anilines is 1. The van der Waals surface area contributed by atoms with Crippen molar-refractivity contribution < 1.29 is 4.92 Å². The fourth-order valence-corrected chi connectivity index (χ4v) is 1.59. The number of hydrogen-bond acceptors (Lipinski definition) is 4. The van der Waals surface area contributed by atoms with Gasteiger partial charge in [0.05, 0.1) is 4.92 Å². The third-order valence-electron chi connectivity index (χ3n) is 2.36. The Morgan fingerprint density at radius 2 is 2.06 bits per heavy atom. The average Bonchev–Trinajstić information content (AvgIpc) is 2.29. The Morgan fingerprint density at radius 1 is 1.44 bits per heavy atom. The Kier molecular flexibility index (Phi) is 5.11. The van der Waals surface area contributed by atoms with Crippen LogP contribution in [0.1, 0.15) is 13.3 Å². The van der Waals surface area contributed by atoms with Crippen LogP contribution >= 0.6 is 11.8 Å². The molecule has 0 saturated carbocycles. The minimum absolute atomic E-state index is 0.128. The number of hydrogen-bond donors (Lipinski definition) is 1. The SMILES string of the molecule is CSC(C)CCNc1ccc([N+](=O)[O-])cc1. The summed E-state index contributed by atoms with van der Waals surface area (Å²) in [5.41, 5.74) is 1.06. The van der Waals surface area contributed by atoms with Crippen LogP contribution in [-0.4, -0.2) is 23.0 Å². The van der Waals surface area contributed by atoms with Crippen LogP contribution in [0.5, 0.6) is 0 Å². The largest absolute Gasteiger partial charge is 0.385 e. The maximum absolute atomic E-state index is 10.4. The number of thioether (sulfide) groups is 1. The van der Waals surface area contributed by atoms with Gasteiger partial charge in [-0.25, -0.2) is 0 Å². The van der Waals surface area contributed by atoms with E-state index >= 15 is 0 Å². The molecule has 0 amide bonds. The van der Waals surface area contributed by atoms with Crippen LogP contribution in [0.25, 0.3) is 0 Å². The summed E-state index contributed by atoms with van der Waals surface area (Å²) in [5, 5.41) is 14.3. The molecule has 5 heteroatoms. The number of nitrogens with zero attached hydrogens (tertiary/aromatic N) is 1. The van der Waals surface area contributed by atoms with Crippen LogP contribution in [0.2, 0.25) is 0 Å². The predicted octanol–water partition coefficient (Wildman–Crippen LogP) is 3.15. The standard InChI is InChI=1S/C11H16N2O2S/c1-9(16-2)7-8-12-10-3-5-11(6-4-10)13(14)15/h3-6,9,12H,7-8H2,1-2H3. The topological polar surface area (TPSA) is 55.2 Å². The van der Waals surface area contributed by atoms with E-state index in [1.165, 1.54) is 12.1 Å². The summed E-state index contributed by atoms with van der Waals surface area (Å²) in [6.45, 7) is 3.07. The monoisotopic (exact) mass is 240 g/mol. The summed E-state index contributed by atoms with van der Waals surface area (Å²) >= 11 is 1.84. The highest BCUT2D eigenvalue weighted by Gasteiger charge is 2.03. The Hall–Kier alpha value is -1.23. The number of non-ortho nitro benzene ring substituents is 1. The molecule has 16 heavy (non-hydrogen) atoms. The van der Waals surface area contributed by atoms with Gasteiger partial charge < -0.3 is 5.32 Å². The fraction of sp³-hybridized carbons (Fsp3) is 0.455. The van der Waals surface area contributed by atoms with E-state index in [0.717, 1.165) is 18.7 Å². The zero-order chi connectivity index (χ0) is 12.0. The second-order valence-corrected chi connectivity index (χ2v) is 4.84. The van der Waals surface area contributed by atoms with Crippen molar-refractivity contribution in [3.63, 3.8) is 0 Å². The molecule has 0 aromatic heterocycles. The number of nitro groups is 1. The lowest BCUT2D eigenvalue weighted by Gasteiger charge is -2.09. The van der Waals surface area contributed by atoms with Gasteiger partial charge in [-0.15, -0.1) is 0 Å². The van der Waals surface area contributed by atoms with E-state index in [1.54, 1.807) is 12.1 Å². The summed E-state index contributed by atoms with van der Waals surface area (Å²) in [6.07, 6.45) is 3.18. The average molecular weight is 240 g/mol. The summed E-state index contributed by atoms with van der Waals surface area (Å²) in [5.74, 6) is 0. The highest BCUT2D eigenvalue weighted by atomic mass is 32.2. The van der Waals surface area contributed by atoms with Gasteiger partial charge in [0.1, 0.15) is 0 Å². The van der Waals surface area contributed by atoms with Gasteiger partial charge in [-0.3, -0.25) is 10.1 Å². The zero-order valence-corrected chi connectivity index (χ0v) is 10.3. The van der Waals surface area contributed by atoms with E-state index in [9.17, 15) is 10.1 Å². The maximum atomic E-state index is 10.4. The molecule has 1 unspecified atom stereocenters. The molecule has 1 aromatic carbocycles. The normalized spacial score (nSPS) is 12.1. The lowest BCUT2D eigenvalue weighted by molar-refractivity contribution is -0.384. The molecule has 88 valence electrons. The first-order chi connectivity index (χ1) is 7.63. The molecule has 0 spiro atoms. The van der Waals surface area contributed by atoms with Crippen molar-refractivity contribution in [1.82, 2.24) is 0 Å². The van der Waals surface area contributed by atoms with E-state index in [4.69, 9.17) is 0 Å². The molecular weight excluding hydrogens is 224 g/mol. The molecule has 0 aliphatic carbocycles. The van der Waals surface area contributed by atoms with Gasteiger partial charge in [-0.05, 0) is 24.8 Å². The number of nitrogens with one attached hydrogen (secondary N) is 1. The lowest BCUT2D eigenvalue weighted by Crippen LogP contribution is -2.07. The molecule has 0 bridgehead atoms. The zero-order valence-electron chi connectivity index (χ0n) is 9.47. The third kappa shape index (κ3) is 4.10. The van der Waals surface area contributed by atoms with Crippen LogP contribution in [-0.2, 0) is 0 Å². The lowest BCUT2D eigenvalue weighted by atomic mass is 10.2. The van der Waals surface area contributed by atoms with Gasteiger partial charge in [0.25, 0.3) is 5.69 Å². The van der Waals surface area contributed by atoms with Gasteiger partial charge in [0.15, 0.2) is 0 Å². The minimum atomic E-state index is -0.389. The molecular formula is C11H16N2O2S. The Bertz CT molecular complexity index is 340. The fourth-order valence-electron chi connectivity index (χ4n) is 1.24. The van der Waals surface area contributed by atoms with Gasteiger partial charge in [0.2, 0.25) is 0 Å². The predicted molar refractivity (Wildman–Crippen MR) is 69.2 cm³/mol. The first kappa shape index (κ1) is 12.8. The molecule has 0 radical (unpaired) electrons. The summed E-state index contributed by atoms with van der Waals surface area (Å²) < 4.78 is 0. The molecule has 0 aliphatic rings. The van der Waals surface area contributed by atoms with E-state index in [2.05, 4.69) is 18.5 Å². The van der Waals surface area contributed by atoms with Gasteiger partial charge in [-0.2, -0.15) is 11.8 Å². The first-order valence-electron chi connectivity index (χ1n) is 5.14. The molecule has 1 aromatic rings. The number of nitro benzene ring substituents is 1. The molecule has 0 fully saturated rings. The summed E-state index contributed by atoms with van der Waals surface area (Å²) in [7, 11) is 0. The van der Waals surface area contributed by atoms with E-state index in [0.29, 0.717) is 5.25 Å². The summed E-state index contributed by atoms with van der Waals surface area (Å²) in [6, 6.07) is 6.50. The van der Waals surface area contributed by atoms with Gasteiger partial charge in [-0.1, -0.05) is 6.92 Å². The minimum Gasteiger partial charge on any atom is -0.385 e. The van der Waals surface area contributed by atoms with Crippen molar-refractivity contribution in [3.8, 4) is 0 Å². The molecule has 4 nitrogen and oxygen atoms in total. The van der Waals surface area contributed by atoms with Crippen molar-refractivity contribution >= 4 is 23.1 Å². The quantitative estimate of drug-likeness (QED) is 0.613. The Balaban J connectivity index is 2.40. The molecule has 0 saturated heterocycles. The van der Waals surface area contributed by atoms with Gasteiger partial charge in [0, 0.05) is 29.6 Å². The van der Waals surface area contributed by atoms with E-state index in [1.807, 2.05) is 11.8 Å². The van der Waals surface area contributed by atoms with Crippen molar-refractivity contribution in [2.75, 3.05) is 18.1 Å². The number of benzene rings is 1. The van der Waals surface area contributed by atoms with Crippen LogP contribution in [0.15, 0.2) is 24.3 Å². The van der Waals surface area contributed by atoms with Crippen LogP contribution in [0.4, 0.5) is 11.4 Å². The van der Waals surface area contributed by atoms with Crippen molar-refractivity contribution in [2.45, 2.75) is 18.6 Å². The van der Waals surface area contributed by atoms with Crippen molar-refractivity contribution in [1.29, 1.82) is 0 Å². The molecule has 1 rings (SSSR count). The third-order valence-corrected chi connectivity index (χ3v) is 3.40. The Labute approximate surface area is 99.6 Å². The second kappa shape index (κ2) is 6.37. The van der Waals surface area contributed by atoms with E-state index in [-0.39, 0.29) is 10.6 Å². The molecule has 1 atom stereocenters.